The Bertz CT molecular complexity index is 714. The molecule has 122 valence electrons. The Labute approximate surface area is 138 Å². The highest BCUT2D eigenvalue weighted by molar-refractivity contribution is 8.00. The second-order valence-electron chi connectivity index (χ2n) is 5.52. The molecule has 0 aliphatic carbocycles. The number of carbonyl (C=O) groups is 1. The second-order valence-corrected chi connectivity index (χ2v) is 6.61. The lowest BCUT2D eigenvalue weighted by molar-refractivity contribution is -0.113. The topological polar surface area (TPSA) is 76.2 Å². The van der Waals surface area contributed by atoms with Gasteiger partial charge in [-0.25, -0.2) is 0 Å². The molecule has 1 amide bonds. The molecule has 2 N–H and O–H groups in total. The monoisotopic (exact) mass is 333 g/mol. The fourth-order valence-corrected chi connectivity index (χ4v) is 3.58. The summed E-state index contributed by atoms with van der Waals surface area (Å²) in [7, 11) is 1.63. The number of aromatic amines is 1. The third kappa shape index (κ3) is 3.29. The second kappa shape index (κ2) is 6.54. The fourth-order valence-electron chi connectivity index (χ4n) is 2.49. The standard InChI is InChI=1S/C16H19N3O3S/c1-9(2)22-12-5-4-10(6-13(12)21-3)15-11-7-17-19-16(11)18-14(20)8-23-15/h4-7,9,15H,8H2,1-3H3,(H2,17,18,19,20)/t15-/m1/s1. The summed E-state index contributed by atoms with van der Waals surface area (Å²) < 4.78 is 11.2. The zero-order valence-corrected chi connectivity index (χ0v) is 14.1. The SMILES string of the molecule is COc1cc([C@H]2SCC(=O)Nc3[nH]ncc32)ccc1OC(C)C. The summed E-state index contributed by atoms with van der Waals surface area (Å²) in [6.45, 7) is 3.95. The Morgan fingerprint density at radius 2 is 2.17 bits per heavy atom. The average Bonchev–Trinajstić information content (AvgIpc) is 2.90. The molecule has 3 rings (SSSR count). The number of fused-ring (bicyclic) bond motifs is 1. The van der Waals surface area contributed by atoms with E-state index in [0.717, 1.165) is 11.1 Å². The number of amides is 1. The molecule has 1 aliphatic rings. The van der Waals surface area contributed by atoms with Gasteiger partial charge in [0.05, 0.1) is 30.4 Å². The molecule has 2 aromatic rings. The summed E-state index contributed by atoms with van der Waals surface area (Å²) in [5.74, 6) is 2.41. The molecule has 0 radical (unpaired) electrons. The number of hydrogen-bond donors (Lipinski definition) is 2. The number of nitrogens with one attached hydrogen (secondary N) is 2. The molecule has 1 aromatic carbocycles. The molecule has 0 saturated heterocycles. The number of nitrogens with zero attached hydrogens (tertiary/aromatic N) is 1. The summed E-state index contributed by atoms with van der Waals surface area (Å²) in [4.78, 5) is 11.8. The molecule has 1 aliphatic heterocycles. The minimum absolute atomic E-state index is 0.00435. The minimum atomic E-state index is -0.0327. The average molecular weight is 333 g/mol. The summed E-state index contributed by atoms with van der Waals surface area (Å²) in [6.07, 6.45) is 1.83. The van der Waals surface area contributed by atoms with Crippen molar-refractivity contribution in [3.05, 3.63) is 35.5 Å². The first kappa shape index (κ1) is 15.7. The lowest BCUT2D eigenvalue weighted by Gasteiger charge is -2.18. The maximum Gasteiger partial charge on any atom is 0.235 e. The van der Waals surface area contributed by atoms with Gasteiger partial charge < -0.3 is 14.8 Å². The molecular formula is C16H19N3O3S. The summed E-state index contributed by atoms with van der Waals surface area (Å²) in [5.41, 5.74) is 2.00. The van der Waals surface area contributed by atoms with Gasteiger partial charge in [-0.15, -0.1) is 11.8 Å². The largest absolute Gasteiger partial charge is 0.493 e. The molecule has 0 saturated carbocycles. The first-order chi connectivity index (χ1) is 11.1. The predicted molar refractivity (Wildman–Crippen MR) is 90.3 cm³/mol. The van der Waals surface area contributed by atoms with Crippen LogP contribution in [-0.2, 0) is 4.79 Å². The van der Waals surface area contributed by atoms with Crippen molar-refractivity contribution in [3.8, 4) is 11.5 Å². The van der Waals surface area contributed by atoms with Gasteiger partial charge in [0.15, 0.2) is 11.5 Å². The van der Waals surface area contributed by atoms with Crippen molar-refractivity contribution in [2.45, 2.75) is 25.2 Å². The van der Waals surface area contributed by atoms with E-state index in [1.807, 2.05) is 32.0 Å². The number of aromatic nitrogens is 2. The molecule has 0 spiro atoms. The number of methoxy groups -OCH3 is 1. The van der Waals surface area contributed by atoms with Crippen molar-refractivity contribution in [1.29, 1.82) is 0 Å². The zero-order valence-electron chi connectivity index (χ0n) is 13.3. The van der Waals surface area contributed by atoms with Crippen molar-refractivity contribution in [3.63, 3.8) is 0 Å². The highest BCUT2D eigenvalue weighted by Crippen LogP contribution is 2.43. The number of H-pyrrole nitrogens is 1. The number of benzene rings is 1. The van der Waals surface area contributed by atoms with Crippen molar-refractivity contribution in [2.24, 2.45) is 0 Å². The van der Waals surface area contributed by atoms with E-state index in [1.165, 1.54) is 0 Å². The van der Waals surface area contributed by atoms with Crippen LogP contribution in [0.3, 0.4) is 0 Å². The predicted octanol–water partition coefficient (Wildman–Crippen LogP) is 2.98. The normalized spacial score (nSPS) is 17.4. The van der Waals surface area contributed by atoms with Gasteiger partial charge in [-0.1, -0.05) is 6.07 Å². The Hall–Kier alpha value is -2.15. The number of hydrogen-bond acceptors (Lipinski definition) is 5. The number of rotatable bonds is 4. The van der Waals surface area contributed by atoms with Gasteiger partial charge in [0.25, 0.3) is 0 Å². The smallest absolute Gasteiger partial charge is 0.235 e. The molecular weight excluding hydrogens is 314 g/mol. The van der Waals surface area contributed by atoms with Crippen molar-refractivity contribution >= 4 is 23.5 Å². The van der Waals surface area contributed by atoms with Crippen LogP contribution in [0.1, 0.15) is 30.2 Å². The molecule has 0 fully saturated rings. The first-order valence-electron chi connectivity index (χ1n) is 7.37. The molecule has 2 heterocycles. The van der Waals surface area contributed by atoms with E-state index in [2.05, 4.69) is 15.5 Å². The number of anilines is 1. The summed E-state index contributed by atoms with van der Waals surface area (Å²) in [5, 5.41) is 9.73. The molecule has 1 atom stereocenters. The van der Waals surface area contributed by atoms with Crippen LogP contribution in [0.25, 0.3) is 0 Å². The summed E-state index contributed by atoms with van der Waals surface area (Å²) in [6, 6.07) is 5.88. The van der Waals surface area contributed by atoms with Crippen LogP contribution in [-0.4, -0.2) is 35.1 Å². The van der Waals surface area contributed by atoms with E-state index >= 15 is 0 Å². The highest BCUT2D eigenvalue weighted by atomic mass is 32.2. The van der Waals surface area contributed by atoms with E-state index in [0.29, 0.717) is 23.1 Å². The van der Waals surface area contributed by atoms with Gasteiger partial charge in [-0.2, -0.15) is 5.10 Å². The van der Waals surface area contributed by atoms with E-state index in [4.69, 9.17) is 9.47 Å². The Kier molecular flexibility index (Phi) is 4.47. The van der Waals surface area contributed by atoms with Gasteiger partial charge in [0, 0.05) is 5.56 Å². The maximum absolute atomic E-state index is 11.8. The van der Waals surface area contributed by atoms with Crippen LogP contribution in [0.5, 0.6) is 11.5 Å². The zero-order chi connectivity index (χ0) is 16.4. The van der Waals surface area contributed by atoms with Crippen LogP contribution >= 0.6 is 11.8 Å². The highest BCUT2D eigenvalue weighted by Gasteiger charge is 2.26. The Balaban J connectivity index is 1.97. The number of thioether (sulfide) groups is 1. The van der Waals surface area contributed by atoms with Crippen molar-refractivity contribution in [2.75, 3.05) is 18.2 Å². The maximum atomic E-state index is 11.8. The van der Waals surface area contributed by atoms with Crippen LogP contribution in [0.2, 0.25) is 0 Å². The fraction of sp³-hybridized carbons (Fsp3) is 0.375. The third-order valence-electron chi connectivity index (χ3n) is 3.45. The van der Waals surface area contributed by atoms with E-state index in [9.17, 15) is 4.79 Å². The molecule has 23 heavy (non-hydrogen) atoms. The number of ether oxygens (including phenoxy) is 2. The van der Waals surface area contributed by atoms with Crippen LogP contribution in [0.15, 0.2) is 24.4 Å². The lowest BCUT2D eigenvalue weighted by atomic mass is 10.1. The quantitative estimate of drug-likeness (QED) is 0.899. The Morgan fingerprint density at radius 1 is 1.35 bits per heavy atom. The van der Waals surface area contributed by atoms with Crippen LogP contribution < -0.4 is 14.8 Å². The van der Waals surface area contributed by atoms with Gasteiger partial charge in [0.1, 0.15) is 5.82 Å². The summed E-state index contributed by atoms with van der Waals surface area (Å²) >= 11 is 1.56. The number of carbonyl (C=O) groups excluding carboxylic acids is 1. The third-order valence-corrected chi connectivity index (χ3v) is 4.74. The van der Waals surface area contributed by atoms with Gasteiger partial charge in [-0.05, 0) is 31.5 Å². The van der Waals surface area contributed by atoms with Crippen LogP contribution in [0.4, 0.5) is 5.82 Å². The van der Waals surface area contributed by atoms with Crippen molar-refractivity contribution in [1.82, 2.24) is 10.2 Å². The molecule has 0 unspecified atom stereocenters. The van der Waals surface area contributed by atoms with Gasteiger partial charge in [-0.3, -0.25) is 9.89 Å². The lowest BCUT2D eigenvalue weighted by Crippen LogP contribution is -2.12. The van der Waals surface area contributed by atoms with Gasteiger partial charge >= 0.3 is 0 Å². The van der Waals surface area contributed by atoms with E-state index in [-0.39, 0.29) is 17.3 Å². The van der Waals surface area contributed by atoms with E-state index in [1.54, 1.807) is 25.1 Å². The van der Waals surface area contributed by atoms with Crippen molar-refractivity contribution < 1.29 is 14.3 Å². The molecule has 6 nitrogen and oxygen atoms in total. The first-order valence-corrected chi connectivity index (χ1v) is 8.42. The van der Waals surface area contributed by atoms with E-state index < -0.39 is 0 Å². The van der Waals surface area contributed by atoms with Gasteiger partial charge in [0.2, 0.25) is 5.91 Å². The molecule has 0 bridgehead atoms. The molecule has 1 aromatic heterocycles. The Morgan fingerprint density at radius 3 is 2.91 bits per heavy atom. The van der Waals surface area contributed by atoms with Crippen LogP contribution in [0, 0.1) is 0 Å². The molecule has 7 heteroatoms. The minimum Gasteiger partial charge on any atom is -0.493 e.